The van der Waals surface area contributed by atoms with Gasteiger partial charge >= 0.3 is 6.09 Å². The standard InChI is InChI=1S/C18H15ClN6O2/c1-11-9-27-18(26)25(11)15-7-12(5-6-20-15)16-21-10-22-17(24-16)23-14-4-2-3-13(19)8-14/h2-8,10-11H,9H2,1H3,(H,21,22,23,24). The van der Waals surface area contributed by atoms with Gasteiger partial charge in [0.15, 0.2) is 5.82 Å². The van der Waals surface area contributed by atoms with Crippen molar-refractivity contribution in [3.8, 4) is 11.4 Å². The number of halogens is 1. The lowest BCUT2D eigenvalue weighted by molar-refractivity contribution is 0.179. The van der Waals surface area contributed by atoms with Crippen LogP contribution in [-0.2, 0) is 4.74 Å². The number of rotatable bonds is 4. The molecule has 1 aromatic carbocycles. The normalized spacial score (nSPS) is 16.3. The monoisotopic (exact) mass is 382 g/mol. The van der Waals surface area contributed by atoms with Gasteiger partial charge in [-0.3, -0.25) is 4.90 Å². The molecule has 1 amide bonds. The van der Waals surface area contributed by atoms with Crippen LogP contribution >= 0.6 is 11.6 Å². The van der Waals surface area contributed by atoms with Crippen LogP contribution in [0.4, 0.5) is 22.2 Å². The predicted molar refractivity (Wildman–Crippen MR) is 101 cm³/mol. The number of ether oxygens (including phenoxy) is 1. The number of cyclic esters (lactones) is 1. The van der Waals surface area contributed by atoms with Crippen molar-refractivity contribution in [2.75, 3.05) is 16.8 Å². The van der Waals surface area contributed by atoms with Gasteiger partial charge in [0.05, 0.1) is 6.04 Å². The van der Waals surface area contributed by atoms with Crippen LogP contribution in [-0.4, -0.2) is 38.7 Å². The summed E-state index contributed by atoms with van der Waals surface area (Å²) in [5.74, 6) is 1.33. The van der Waals surface area contributed by atoms with Crippen LogP contribution in [0.3, 0.4) is 0 Å². The van der Waals surface area contributed by atoms with Gasteiger partial charge in [-0.15, -0.1) is 0 Å². The maximum absolute atomic E-state index is 11.9. The lowest BCUT2D eigenvalue weighted by atomic mass is 10.2. The molecule has 0 spiro atoms. The number of hydrogen-bond donors (Lipinski definition) is 1. The highest BCUT2D eigenvalue weighted by Gasteiger charge is 2.32. The maximum atomic E-state index is 11.9. The van der Waals surface area contributed by atoms with E-state index in [1.165, 1.54) is 11.2 Å². The van der Waals surface area contributed by atoms with E-state index in [1.54, 1.807) is 30.5 Å². The molecule has 1 N–H and O–H groups in total. The summed E-state index contributed by atoms with van der Waals surface area (Å²) in [6.45, 7) is 2.24. The number of anilines is 3. The van der Waals surface area contributed by atoms with E-state index >= 15 is 0 Å². The van der Waals surface area contributed by atoms with Crippen molar-refractivity contribution in [1.82, 2.24) is 19.9 Å². The van der Waals surface area contributed by atoms with Gasteiger partial charge in [0.1, 0.15) is 18.8 Å². The van der Waals surface area contributed by atoms with Gasteiger partial charge in [0, 0.05) is 22.5 Å². The molecule has 4 rings (SSSR count). The summed E-state index contributed by atoms with van der Waals surface area (Å²) >= 11 is 6.00. The van der Waals surface area contributed by atoms with E-state index in [0.717, 1.165) is 5.69 Å². The number of hydrogen-bond acceptors (Lipinski definition) is 7. The molecule has 1 atom stereocenters. The average Bonchev–Trinajstić information content (AvgIpc) is 3.00. The molecule has 2 aromatic heterocycles. The number of nitrogens with one attached hydrogen (secondary N) is 1. The Hall–Kier alpha value is -3.26. The van der Waals surface area contributed by atoms with Crippen molar-refractivity contribution in [3.05, 3.63) is 53.9 Å². The molecule has 0 radical (unpaired) electrons. The first-order chi connectivity index (χ1) is 13.1. The maximum Gasteiger partial charge on any atom is 0.415 e. The van der Waals surface area contributed by atoms with Crippen molar-refractivity contribution in [2.24, 2.45) is 0 Å². The molecule has 8 nitrogen and oxygen atoms in total. The lowest BCUT2D eigenvalue weighted by Crippen LogP contribution is -2.31. The Morgan fingerprint density at radius 2 is 2.11 bits per heavy atom. The Kier molecular flexibility index (Phi) is 4.55. The second kappa shape index (κ2) is 7.16. The van der Waals surface area contributed by atoms with Crippen LogP contribution < -0.4 is 10.2 Å². The molecule has 1 unspecified atom stereocenters. The molecule has 0 aliphatic carbocycles. The zero-order valence-corrected chi connectivity index (χ0v) is 15.1. The van der Waals surface area contributed by atoms with Gasteiger partial charge in [0.2, 0.25) is 5.95 Å². The fourth-order valence-electron chi connectivity index (χ4n) is 2.72. The molecule has 1 aliphatic heterocycles. The van der Waals surface area contributed by atoms with E-state index in [2.05, 4.69) is 25.3 Å². The number of carbonyl (C=O) groups is 1. The average molecular weight is 383 g/mol. The molecular weight excluding hydrogens is 368 g/mol. The van der Waals surface area contributed by atoms with E-state index in [4.69, 9.17) is 16.3 Å². The highest BCUT2D eigenvalue weighted by Crippen LogP contribution is 2.25. The molecule has 1 aliphatic rings. The number of pyridine rings is 1. The molecule has 1 saturated heterocycles. The fourth-order valence-corrected chi connectivity index (χ4v) is 2.91. The lowest BCUT2D eigenvalue weighted by Gasteiger charge is -2.17. The Bertz CT molecular complexity index is 999. The largest absolute Gasteiger partial charge is 0.447 e. The van der Waals surface area contributed by atoms with Crippen LogP contribution in [0.15, 0.2) is 48.9 Å². The molecule has 136 valence electrons. The second-order valence-corrected chi connectivity index (χ2v) is 6.40. The molecule has 27 heavy (non-hydrogen) atoms. The van der Waals surface area contributed by atoms with Gasteiger partial charge < -0.3 is 10.1 Å². The van der Waals surface area contributed by atoms with Crippen LogP contribution in [0.2, 0.25) is 5.02 Å². The minimum absolute atomic E-state index is 0.0846. The predicted octanol–water partition coefficient (Wildman–Crippen LogP) is 3.68. The molecule has 0 saturated carbocycles. The Morgan fingerprint density at radius 3 is 2.89 bits per heavy atom. The summed E-state index contributed by atoms with van der Waals surface area (Å²) in [7, 11) is 0. The van der Waals surface area contributed by atoms with Gasteiger partial charge in [-0.05, 0) is 37.3 Å². The molecule has 0 bridgehead atoms. The smallest absolute Gasteiger partial charge is 0.415 e. The van der Waals surface area contributed by atoms with E-state index in [9.17, 15) is 4.79 Å². The summed E-state index contributed by atoms with van der Waals surface area (Å²) < 4.78 is 5.06. The molecule has 3 heterocycles. The highest BCUT2D eigenvalue weighted by molar-refractivity contribution is 6.30. The quantitative estimate of drug-likeness (QED) is 0.735. The van der Waals surface area contributed by atoms with E-state index < -0.39 is 6.09 Å². The summed E-state index contributed by atoms with van der Waals surface area (Å²) in [6.07, 6.45) is 2.62. The van der Waals surface area contributed by atoms with E-state index in [-0.39, 0.29) is 6.04 Å². The summed E-state index contributed by atoms with van der Waals surface area (Å²) in [4.78, 5) is 30.5. The number of amides is 1. The summed E-state index contributed by atoms with van der Waals surface area (Å²) in [6, 6.07) is 10.7. The molecular formula is C18H15ClN6O2. The SMILES string of the molecule is CC1COC(=O)N1c1cc(-c2ncnc(Nc3cccc(Cl)c3)n2)ccn1. The number of carbonyl (C=O) groups excluding carboxylic acids is 1. The zero-order valence-electron chi connectivity index (χ0n) is 14.3. The molecule has 3 aromatic rings. The van der Waals surface area contributed by atoms with Crippen LogP contribution in [0.5, 0.6) is 0 Å². The van der Waals surface area contributed by atoms with Gasteiger partial charge in [-0.1, -0.05) is 17.7 Å². The van der Waals surface area contributed by atoms with Crippen molar-refractivity contribution in [3.63, 3.8) is 0 Å². The minimum atomic E-state index is -0.411. The third-order valence-electron chi connectivity index (χ3n) is 3.99. The van der Waals surface area contributed by atoms with Crippen LogP contribution in [0.25, 0.3) is 11.4 Å². The summed E-state index contributed by atoms with van der Waals surface area (Å²) in [5.41, 5.74) is 1.48. The third-order valence-corrected chi connectivity index (χ3v) is 4.22. The molecule has 1 fully saturated rings. The Balaban J connectivity index is 1.62. The Labute approximate surface area is 160 Å². The first-order valence-corrected chi connectivity index (χ1v) is 8.62. The zero-order chi connectivity index (χ0) is 18.8. The van der Waals surface area contributed by atoms with Crippen LogP contribution in [0, 0.1) is 0 Å². The molecule has 9 heteroatoms. The summed E-state index contributed by atoms with van der Waals surface area (Å²) in [5, 5.41) is 3.70. The van der Waals surface area contributed by atoms with E-state index in [1.807, 2.05) is 19.1 Å². The fraction of sp³-hybridized carbons (Fsp3) is 0.167. The van der Waals surface area contributed by atoms with Gasteiger partial charge in [-0.2, -0.15) is 4.98 Å². The first-order valence-electron chi connectivity index (χ1n) is 8.24. The third kappa shape index (κ3) is 3.65. The van der Waals surface area contributed by atoms with Crippen molar-refractivity contribution in [2.45, 2.75) is 13.0 Å². The van der Waals surface area contributed by atoms with Crippen molar-refractivity contribution >= 4 is 35.1 Å². The van der Waals surface area contributed by atoms with Gasteiger partial charge in [-0.25, -0.2) is 19.7 Å². The number of nitrogens with zero attached hydrogens (tertiary/aromatic N) is 5. The van der Waals surface area contributed by atoms with Gasteiger partial charge in [0.25, 0.3) is 0 Å². The first kappa shape index (κ1) is 17.2. The number of aromatic nitrogens is 4. The highest BCUT2D eigenvalue weighted by atomic mass is 35.5. The van der Waals surface area contributed by atoms with E-state index in [0.29, 0.717) is 34.8 Å². The Morgan fingerprint density at radius 1 is 1.22 bits per heavy atom. The second-order valence-electron chi connectivity index (χ2n) is 5.97. The topological polar surface area (TPSA) is 93.1 Å². The van der Waals surface area contributed by atoms with Crippen molar-refractivity contribution in [1.29, 1.82) is 0 Å². The van der Waals surface area contributed by atoms with Crippen LogP contribution in [0.1, 0.15) is 6.92 Å². The minimum Gasteiger partial charge on any atom is -0.447 e. The number of benzene rings is 1. The van der Waals surface area contributed by atoms with Crippen molar-refractivity contribution < 1.29 is 9.53 Å².